The zero-order valence-corrected chi connectivity index (χ0v) is 12.6. The minimum Gasteiger partial charge on any atom is -0.327 e. The molecule has 106 valence electrons. The third-order valence-corrected chi connectivity index (χ3v) is 5.05. The maximum atomic E-state index is 6.51. The topological polar surface area (TPSA) is 26.0 Å². The van der Waals surface area contributed by atoms with Crippen molar-refractivity contribution in [3.8, 4) is 0 Å². The van der Waals surface area contributed by atoms with Crippen LogP contribution in [-0.2, 0) is 6.42 Å². The first-order valence-electron chi connectivity index (χ1n) is 8.02. The third kappa shape index (κ3) is 3.82. The van der Waals surface area contributed by atoms with E-state index in [1.807, 2.05) is 0 Å². The molecular weight excluding hydrogens is 230 g/mol. The molecule has 3 unspecified atom stereocenters. The molecule has 1 aliphatic rings. The molecule has 1 aromatic carbocycles. The second kappa shape index (κ2) is 7.09. The maximum absolute atomic E-state index is 6.51. The van der Waals surface area contributed by atoms with Gasteiger partial charge < -0.3 is 5.73 Å². The van der Waals surface area contributed by atoms with Gasteiger partial charge in [-0.2, -0.15) is 0 Å². The van der Waals surface area contributed by atoms with Gasteiger partial charge in [0.25, 0.3) is 0 Å². The molecule has 2 rings (SSSR count). The Balaban J connectivity index is 1.90. The number of hydrogen-bond donors (Lipinski definition) is 1. The summed E-state index contributed by atoms with van der Waals surface area (Å²) in [5.41, 5.74) is 9.39. The quantitative estimate of drug-likeness (QED) is 0.829. The summed E-state index contributed by atoms with van der Waals surface area (Å²) < 4.78 is 0. The highest BCUT2D eigenvalue weighted by Gasteiger charge is 2.28. The van der Waals surface area contributed by atoms with E-state index in [9.17, 15) is 0 Å². The number of aryl methyl sites for hydroxylation is 2. The smallest absolute Gasteiger partial charge is 0.00729 e. The van der Waals surface area contributed by atoms with Crippen LogP contribution in [0, 0.1) is 18.8 Å². The highest BCUT2D eigenvalue weighted by atomic mass is 14.7. The average molecular weight is 259 g/mol. The molecular formula is C18H29N. The van der Waals surface area contributed by atoms with Gasteiger partial charge in [-0.1, -0.05) is 56.9 Å². The maximum Gasteiger partial charge on any atom is 0.00729 e. The molecule has 1 saturated carbocycles. The highest BCUT2D eigenvalue weighted by Crippen LogP contribution is 2.35. The lowest BCUT2D eigenvalue weighted by molar-refractivity contribution is 0.190. The van der Waals surface area contributed by atoms with Crippen LogP contribution < -0.4 is 5.73 Å². The van der Waals surface area contributed by atoms with Crippen molar-refractivity contribution < 1.29 is 0 Å². The zero-order valence-electron chi connectivity index (χ0n) is 12.6. The predicted octanol–water partition coefficient (Wildman–Crippen LogP) is 4.47. The molecule has 1 nitrogen and oxygen atoms in total. The number of rotatable bonds is 5. The van der Waals surface area contributed by atoms with E-state index in [1.54, 1.807) is 0 Å². The molecule has 3 atom stereocenters. The van der Waals surface area contributed by atoms with Crippen molar-refractivity contribution in [3.05, 3.63) is 35.4 Å². The van der Waals surface area contributed by atoms with Gasteiger partial charge >= 0.3 is 0 Å². The highest BCUT2D eigenvalue weighted by molar-refractivity contribution is 5.25. The fourth-order valence-electron chi connectivity index (χ4n) is 3.73. The number of hydrogen-bond acceptors (Lipinski definition) is 1. The fraction of sp³-hybridized carbons (Fsp3) is 0.667. The molecule has 0 heterocycles. The predicted molar refractivity (Wildman–Crippen MR) is 83.2 cm³/mol. The van der Waals surface area contributed by atoms with Crippen LogP contribution in [0.4, 0.5) is 0 Å². The summed E-state index contributed by atoms with van der Waals surface area (Å²) in [6, 6.07) is 9.11. The Hall–Kier alpha value is -0.820. The first-order valence-corrected chi connectivity index (χ1v) is 8.02. The SMILES string of the molecule is CCC1CCCCC1C(N)CCc1ccccc1C. The first-order chi connectivity index (χ1) is 9.22. The summed E-state index contributed by atoms with van der Waals surface area (Å²) in [4.78, 5) is 0. The second-order valence-electron chi connectivity index (χ2n) is 6.25. The van der Waals surface area contributed by atoms with Crippen LogP contribution in [0.25, 0.3) is 0 Å². The second-order valence-corrected chi connectivity index (χ2v) is 6.25. The van der Waals surface area contributed by atoms with Gasteiger partial charge in [-0.15, -0.1) is 0 Å². The van der Waals surface area contributed by atoms with Crippen LogP contribution in [0.3, 0.4) is 0 Å². The standard InChI is InChI=1S/C18H29N/c1-3-15-9-6-7-11-17(15)18(19)13-12-16-10-5-4-8-14(16)2/h4-5,8,10,15,17-18H,3,6-7,9,11-13,19H2,1-2H3. The van der Waals surface area contributed by atoms with Crippen LogP contribution in [-0.4, -0.2) is 6.04 Å². The summed E-state index contributed by atoms with van der Waals surface area (Å²) in [5.74, 6) is 1.64. The van der Waals surface area contributed by atoms with Crippen molar-refractivity contribution in [3.63, 3.8) is 0 Å². The molecule has 1 fully saturated rings. The Labute approximate surface area is 118 Å². The zero-order chi connectivity index (χ0) is 13.7. The molecule has 2 N–H and O–H groups in total. The molecule has 0 saturated heterocycles. The molecule has 1 aliphatic carbocycles. The van der Waals surface area contributed by atoms with Gasteiger partial charge in [-0.05, 0) is 49.1 Å². The summed E-state index contributed by atoms with van der Waals surface area (Å²) >= 11 is 0. The Morgan fingerprint density at radius 1 is 1.21 bits per heavy atom. The van der Waals surface area contributed by atoms with Gasteiger partial charge in [0.2, 0.25) is 0 Å². The third-order valence-electron chi connectivity index (χ3n) is 5.05. The van der Waals surface area contributed by atoms with Crippen molar-refractivity contribution in [1.82, 2.24) is 0 Å². The minimum absolute atomic E-state index is 0.393. The van der Waals surface area contributed by atoms with E-state index in [2.05, 4.69) is 38.1 Å². The van der Waals surface area contributed by atoms with E-state index in [0.717, 1.165) is 24.7 Å². The van der Waals surface area contributed by atoms with E-state index in [0.29, 0.717) is 6.04 Å². The van der Waals surface area contributed by atoms with Crippen LogP contribution in [0.5, 0.6) is 0 Å². The van der Waals surface area contributed by atoms with Gasteiger partial charge in [0.15, 0.2) is 0 Å². The molecule has 0 aromatic heterocycles. The van der Waals surface area contributed by atoms with E-state index in [-0.39, 0.29) is 0 Å². The number of nitrogens with two attached hydrogens (primary N) is 1. The lowest BCUT2D eigenvalue weighted by atomic mass is 9.73. The number of benzene rings is 1. The fourth-order valence-corrected chi connectivity index (χ4v) is 3.73. The lowest BCUT2D eigenvalue weighted by Gasteiger charge is -2.35. The average Bonchev–Trinajstić information content (AvgIpc) is 2.46. The van der Waals surface area contributed by atoms with Gasteiger partial charge in [0.1, 0.15) is 0 Å². The van der Waals surface area contributed by atoms with Crippen molar-refractivity contribution in [1.29, 1.82) is 0 Å². The monoisotopic (exact) mass is 259 g/mol. The van der Waals surface area contributed by atoms with E-state index in [1.165, 1.54) is 43.2 Å². The molecule has 1 heteroatoms. The summed E-state index contributed by atoms with van der Waals surface area (Å²) in [7, 11) is 0. The van der Waals surface area contributed by atoms with Crippen molar-refractivity contribution >= 4 is 0 Å². The molecule has 1 aromatic rings. The van der Waals surface area contributed by atoms with Gasteiger partial charge in [-0.25, -0.2) is 0 Å². The van der Waals surface area contributed by atoms with Crippen LogP contribution in [0.2, 0.25) is 0 Å². The Kier molecular flexibility index (Phi) is 5.45. The van der Waals surface area contributed by atoms with E-state index in [4.69, 9.17) is 5.73 Å². The van der Waals surface area contributed by atoms with Gasteiger partial charge in [-0.3, -0.25) is 0 Å². The molecule has 0 spiro atoms. The molecule has 0 bridgehead atoms. The Morgan fingerprint density at radius 2 is 1.95 bits per heavy atom. The first kappa shape index (κ1) is 14.6. The van der Waals surface area contributed by atoms with Crippen LogP contribution in [0.15, 0.2) is 24.3 Å². The van der Waals surface area contributed by atoms with Crippen molar-refractivity contribution in [2.45, 2.75) is 64.8 Å². The van der Waals surface area contributed by atoms with E-state index >= 15 is 0 Å². The lowest BCUT2D eigenvalue weighted by Crippen LogP contribution is -2.37. The molecule has 0 amide bonds. The molecule has 0 radical (unpaired) electrons. The summed E-state index contributed by atoms with van der Waals surface area (Å²) in [5, 5.41) is 0. The van der Waals surface area contributed by atoms with Crippen LogP contribution >= 0.6 is 0 Å². The van der Waals surface area contributed by atoms with E-state index < -0.39 is 0 Å². The molecule has 0 aliphatic heterocycles. The van der Waals surface area contributed by atoms with Crippen LogP contribution in [0.1, 0.15) is 56.6 Å². The minimum atomic E-state index is 0.393. The largest absolute Gasteiger partial charge is 0.327 e. The Bertz CT molecular complexity index is 385. The summed E-state index contributed by atoms with van der Waals surface area (Å²) in [6.45, 7) is 4.54. The van der Waals surface area contributed by atoms with Crippen molar-refractivity contribution in [2.75, 3.05) is 0 Å². The van der Waals surface area contributed by atoms with Crippen molar-refractivity contribution in [2.24, 2.45) is 17.6 Å². The summed E-state index contributed by atoms with van der Waals surface area (Å²) in [6.07, 6.45) is 9.15. The van der Waals surface area contributed by atoms with Gasteiger partial charge in [0, 0.05) is 6.04 Å². The molecule has 19 heavy (non-hydrogen) atoms. The normalized spacial score (nSPS) is 25.2. The van der Waals surface area contributed by atoms with Gasteiger partial charge in [0.05, 0.1) is 0 Å². The Morgan fingerprint density at radius 3 is 2.68 bits per heavy atom.